The number of hydrogen-bond donors (Lipinski definition) is 1. The first kappa shape index (κ1) is 7.48. The maximum Gasteiger partial charge on any atom is 0.0870 e. The third-order valence-electron chi connectivity index (χ3n) is 1.13. The van der Waals surface area contributed by atoms with Crippen LogP contribution in [0.15, 0.2) is 18.4 Å². The summed E-state index contributed by atoms with van der Waals surface area (Å²) < 4.78 is 0. The zero-order chi connectivity index (χ0) is 6.62. The summed E-state index contributed by atoms with van der Waals surface area (Å²) in [5.74, 6) is 0. The van der Waals surface area contributed by atoms with Crippen molar-refractivity contribution in [3.63, 3.8) is 0 Å². The van der Waals surface area contributed by atoms with Gasteiger partial charge in [-0.15, -0.1) is 5.73 Å². The van der Waals surface area contributed by atoms with E-state index >= 15 is 0 Å². The van der Waals surface area contributed by atoms with Crippen LogP contribution in [-0.4, -0.2) is 10.7 Å². The molecule has 0 aromatic carbocycles. The molecule has 0 aliphatic heterocycles. The molecule has 0 bridgehead atoms. The molecule has 0 saturated carbocycles. The molecular formula is C7H12O. The van der Waals surface area contributed by atoms with Crippen molar-refractivity contribution in [1.82, 2.24) is 0 Å². The highest BCUT2D eigenvalue weighted by Gasteiger charge is 2.10. The van der Waals surface area contributed by atoms with Gasteiger partial charge in [-0.25, -0.2) is 0 Å². The van der Waals surface area contributed by atoms with E-state index < -0.39 is 5.60 Å². The van der Waals surface area contributed by atoms with Crippen LogP contribution >= 0.6 is 0 Å². The van der Waals surface area contributed by atoms with Crippen LogP contribution in [-0.2, 0) is 0 Å². The van der Waals surface area contributed by atoms with Crippen LogP contribution in [0.2, 0.25) is 0 Å². The molecular weight excluding hydrogens is 100 g/mol. The quantitative estimate of drug-likeness (QED) is 0.536. The summed E-state index contributed by atoms with van der Waals surface area (Å²) in [6, 6.07) is 0. The molecule has 1 N–H and O–H groups in total. The molecule has 1 atom stereocenters. The van der Waals surface area contributed by atoms with Crippen LogP contribution in [0.1, 0.15) is 20.3 Å². The predicted molar refractivity (Wildman–Crippen MR) is 34.6 cm³/mol. The molecule has 8 heavy (non-hydrogen) atoms. The molecule has 0 aliphatic carbocycles. The average molecular weight is 112 g/mol. The predicted octanol–water partition coefficient (Wildman–Crippen LogP) is 1.49. The third-order valence-corrected chi connectivity index (χ3v) is 1.13. The molecule has 0 aromatic rings. The Morgan fingerprint density at radius 1 is 1.88 bits per heavy atom. The first-order valence-corrected chi connectivity index (χ1v) is 2.72. The monoisotopic (exact) mass is 112 g/mol. The largest absolute Gasteiger partial charge is 0.385 e. The van der Waals surface area contributed by atoms with E-state index in [1.807, 2.05) is 6.92 Å². The summed E-state index contributed by atoms with van der Waals surface area (Å²) in [6.07, 6.45) is 2.27. The van der Waals surface area contributed by atoms with Crippen molar-refractivity contribution in [3.8, 4) is 0 Å². The fourth-order valence-electron chi connectivity index (χ4n) is 0.322. The highest BCUT2D eigenvalue weighted by atomic mass is 16.3. The Balaban J connectivity index is 3.90. The lowest BCUT2D eigenvalue weighted by Gasteiger charge is -2.13. The number of hydrogen-bond acceptors (Lipinski definition) is 1. The SMILES string of the molecule is C=C=CC(C)(O)CC. The Hall–Kier alpha value is -0.520. The van der Waals surface area contributed by atoms with Crippen LogP contribution in [0.3, 0.4) is 0 Å². The molecule has 1 heteroatoms. The number of aliphatic hydroxyl groups is 1. The van der Waals surface area contributed by atoms with E-state index in [4.69, 9.17) is 5.11 Å². The molecule has 0 radical (unpaired) electrons. The van der Waals surface area contributed by atoms with E-state index in [9.17, 15) is 0 Å². The molecule has 0 aromatic heterocycles. The van der Waals surface area contributed by atoms with Crippen LogP contribution in [0, 0.1) is 0 Å². The Bertz CT molecular complexity index is 108. The van der Waals surface area contributed by atoms with Crippen molar-refractivity contribution in [2.75, 3.05) is 0 Å². The van der Waals surface area contributed by atoms with Crippen molar-refractivity contribution in [2.45, 2.75) is 25.9 Å². The summed E-state index contributed by atoms with van der Waals surface area (Å²) >= 11 is 0. The minimum absolute atomic E-state index is 0.704. The fraction of sp³-hybridized carbons (Fsp3) is 0.571. The summed E-state index contributed by atoms with van der Waals surface area (Å²) in [5.41, 5.74) is 1.83. The Labute approximate surface area is 50.3 Å². The topological polar surface area (TPSA) is 20.2 Å². The summed E-state index contributed by atoms with van der Waals surface area (Å²) in [5, 5.41) is 9.17. The molecule has 0 saturated heterocycles. The van der Waals surface area contributed by atoms with E-state index in [1.165, 1.54) is 0 Å². The van der Waals surface area contributed by atoms with Gasteiger partial charge < -0.3 is 5.11 Å². The van der Waals surface area contributed by atoms with E-state index in [1.54, 1.807) is 13.0 Å². The van der Waals surface area contributed by atoms with Crippen molar-refractivity contribution in [1.29, 1.82) is 0 Å². The smallest absolute Gasteiger partial charge is 0.0870 e. The maximum absolute atomic E-state index is 9.17. The third kappa shape index (κ3) is 2.62. The molecule has 0 amide bonds. The first-order valence-electron chi connectivity index (χ1n) is 2.72. The molecule has 46 valence electrons. The summed E-state index contributed by atoms with van der Waals surface area (Å²) in [4.78, 5) is 0. The highest BCUT2D eigenvalue weighted by Crippen LogP contribution is 2.07. The van der Waals surface area contributed by atoms with Crippen LogP contribution in [0.4, 0.5) is 0 Å². The lowest BCUT2D eigenvalue weighted by Crippen LogP contribution is -2.17. The van der Waals surface area contributed by atoms with E-state index in [0.717, 1.165) is 0 Å². The Kier molecular flexibility index (Phi) is 2.53. The average Bonchev–Trinajstić information content (AvgIpc) is 1.67. The second kappa shape index (κ2) is 2.71. The maximum atomic E-state index is 9.17. The molecule has 1 unspecified atom stereocenters. The zero-order valence-corrected chi connectivity index (χ0v) is 5.44. The van der Waals surface area contributed by atoms with Gasteiger partial charge in [0.25, 0.3) is 0 Å². The van der Waals surface area contributed by atoms with Gasteiger partial charge in [-0.1, -0.05) is 13.5 Å². The standard InChI is InChI=1S/C7H12O/c1-4-6-7(3,8)5-2/h6,8H,1,5H2,2-3H3. The molecule has 0 fully saturated rings. The van der Waals surface area contributed by atoms with Gasteiger partial charge in [0.05, 0.1) is 5.60 Å². The van der Waals surface area contributed by atoms with Gasteiger partial charge in [0.2, 0.25) is 0 Å². The lowest BCUT2D eigenvalue weighted by molar-refractivity contribution is 0.108. The molecule has 0 aliphatic rings. The first-order chi connectivity index (χ1) is 3.62. The van der Waals surface area contributed by atoms with Crippen molar-refractivity contribution >= 4 is 0 Å². The van der Waals surface area contributed by atoms with Gasteiger partial charge >= 0.3 is 0 Å². The van der Waals surface area contributed by atoms with Gasteiger partial charge in [0, 0.05) is 0 Å². The summed E-state index contributed by atoms with van der Waals surface area (Å²) in [6.45, 7) is 6.99. The van der Waals surface area contributed by atoms with Crippen LogP contribution in [0.25, 0.3) is 0 Å². The minimum atomic E-state index is -0.707. The second-order valence-electron chi connectivity index (χ2n) is 2.06. The van der Waals surface area contributed by atoms with Gasteiger partial charge in [0.15, 0.2) is 0 Å². The van der Waals surface area contributed by atoms with Crippen molar-refractivity contribution in [3.05, 3.63) is 18.4 Å². The van der Waals surface area contributed by atoms with E-state index in [2.05, 4.69) is 12.3 Å². The van der Waals surface area contributed by atoms with Gasteiger partial charge in [-0.2, -0.15) is 0 Å². The van der Waals surface area contributed by atoms with Crippen LogP contribution < -0.4 is 0 Å². The number of rotatable bonds is 2. The van der Waals surface area contributed by atoms with Gasteiger partial charge in [-0.05, 0) is 19.4 Å². The van der Waals surface area contributed by atoms with E-state index in [-0.39, 0.29) is 0 Å². The summed E-state index contributed by atoms with van der Waals surface area (Å²) in [7, 11) is 0. The van der Waals surface area contributed by atoms with Gasteiger partial charge in [0.1, 0.15) is 0 Å². The fourth-order valence-corrected chi connectivity index (χ4v) is 0.322. The van der Waals surface area contributed by atoms with Gasteiger partial charge in [-0.3, -0.25) is 0 Å². The highest BCUT2D eigenvalue weighted by molar-refractivity contribution is 4.94. The zero-order valence-electron chi connectivity index (χ0n) is 5.44. The second-order valence-corrected chi connectivity index (χ2v) is 2.06. The molecule has 1 nitrogen and oxygen atoms in total. The normalized spacial score (nSPS) is 16.4. The molecule has 0 spiro atoms. The molecule has 0 rings (SSSR count). The Morgan fingerprint density at radius 2 is 2.38 bits per heavy atom. The minimum Gasteiger partial charge on any atom is -0.385 e. The molecule has 0 heterocycles. The Morgan fingerprint density at radius 3 is 2.50 bits per heavy atom. The van der Waals surface area contributed by atoms with Crippen molar-refractivity contribution < 1.29 is 5.11 Å². The van der Waals surface area contributed by atoms with Crippen molar-refractivity contribution in [2.24, 2.45) is 0 Å². The lowest BCUT2D eigenvalue weighted by atomic mass is 10.0. The van der Waals surface area contributed by atoms with E-state index in [0.29, 0.717) is 6.42 Å². The van der Waals surface area contributed by atoms with Crippen LogP contribution in [0.5, 0.6) is 0 Å².